The molecule has 0 saturated heterocycles. The van der Waals surface area contributed by atoms with Gasteiger partial charge in [-0.05, 0) is 0 Å². The molecule has 0 atom stereocenters. The normalized spacial score (nSPS) is 9.81. The zero-order valence-corrected chi connectivity index (χ0v) is 8.83. The molecule has 0 aliphatic rings. The van der Waals surface area contributed by atoms with Crippen LogP contribution in [0.25, 0.3) is 0 Å². The van der Waals surface area contributed by atoms with Crippen molar-refractivity contribution in [2.45, 2.75) is 6.54 Å². The summed E-state index contributed by atoms with van der Waals surface area (Å²) in [7, 11) is 1.42. The van der Waals surface area contributed by atoms with Gasteiger partial charge in [0, 0.05) is 19.8 Å². The van der Waals surface area contributed by atoms with E-state index in [-0.39, 0.29) is 6.54 Å². The molecule has 16 heavy (non-hydrogen) atoms. The van der Waals surface area contributed by atoms with Gasteiger partial charge in [-0.1, -0.05) is 5.21 Å². The van der Waals surface area contributed by atoms with Crippen molar-refractivity contribution in [3.63, 3.8) is 0 Å². The number of urea groups is 1. The maximum Gasteiger partial charge on any atom is 0.323 e. The van der Waals surface area contributed by atoms with Crippen LogP contribution in [0.5, 0.6) is 0 Å². The monoisotopic (exact) mass is 227 g/mol. The average molecular weight is 227 g/mol. The van der Waals surface area contributed by atoms with Gasteiger partial charge in [0.25, 0.3) is 0 Å². The predicted molar refractivity (Wildman–Crippen MR) is 53.7 cm³/mol. The summed E-state index contributed by atoms with van der Waals surface area (Å²) in [6.07, 6.45) is 3.21. The summed E-state index contributed by atoms with van der Waals surface area (Å²) in [4.78, 5) is 22.7. The molecular formula is C8H13N5O3. The molecule has 0 aromatic carbocycles. The van der Waals surface area contributed by atoms with E-state index >= 15 is 0 Å². The number of hydrogen-bond donors (Lipinski definition) is 2. The molecule has 0 radical (unpaired) electrons. The molecule has 2 amide bonds. The van der Waals surface area contributed by atoms with Crippen LogP contribution in [0.3, 0.4) is 0 Å². The molecule has 0 spiro atoms. The van der Waals surface area contributed by atoms with Crippen LogP contribution in [0.15, 0.2) is 12.4 Å². The van der Waals surface area contributed by atoms with Crippen LogP contribution in [0, 0.1) is 0 Å². The summed E-state index contributed by atoms with van der Waals surface area (Å²) in [6.45, 7) is 0.536. The number of aliphatic carboxylic acids is 1. The van der Waals surface area contributed by atoms with Crippen molar-refractivity contribution in [3.05, 3.63) is 12.4 Å². The minimum absolute atomic E-state index is 0.324. The maximum absolute atomic E-state index is 11.3. The van der Waals surface area contributed by atoms with Crippen molar-refractivity contribution in [3.8, 4) is 0 Å². The first-order valence-electron chi connectivity index (χ1n) is 4.64. The van der Waals surface area contributed by atoms with Gasteiger partial charge in [-0.2, -0.15) is 0 Å². The molecular weight excluding hydrogens is 214 g/mol. The fourth-order valence-corrected chi connectivity index (χ4v) is 1.04. The molecule has 1 rings (SSSR count). The Labute approximate surface area is 91.8 Å². The lowest BCUT2D eigenvalue weighted by Crippen LogP contribution is -2.41. The quantitative estimate of drug-likeness (QED) is 0.672. The molecule has 0 aliphatic carbocycles. The van der Waals surface area contributed by atoms with Crippen molar-refractivity contribution in [1.82, 2.24) is 25.2 Å². The average Bonchev–Trinajstić information content (AvgIpc) is 2.69. The second-order valence-electron chi connectivity index (χ2n) is 3.15. The predicted octanol–water partition coefficient (Wildman–Crippen LogP) is -0.996. The number of aromatic nitrogens is 3. The van der Waals surface area contributed by atoms with Crippen LogP contribution < -0.4 is 5.32 Å². The van der Waals surface area contributed by atoms with E-state index in [1.165, 1.54) is 7.05 Å². The van der Waals surface area contributed by atoms with Crippen molar-refractivity contribution >= 4 is 12.0 Å². The lowest BCUT2D eigenvalue weighted by Gasteiger charge is -2.15. The van der Waals surface area contributed by atoms with Gasteiger partial charge in [0.15, 0.2) is 0 Å². The summed E-state index contributed by atoms with van der Waals surface area (Å²) in [5.41, 5.74) is 0. The summed E-state index contributed by atoms with van der Waals surface area (Å²) in [5.74, 6) is -1.05. The molecule has 1 heterocycles. The topological polar surface area (TPSA) is 100 Å². The fourth-order valence-electron chi connectivity index (χ4n) is 1.04. The van der Waals surface area contributed by atoms with Gasteiger partial charge in [-0.25, -0.2) is 4.79 Å². The van der Waals surface area contributed by atoms with Gasteiger partial charge in [0.1, 0.15) is 6.54 Å². The maximum atomic E-state index is 11.3. The summed E-state index contributed by atoms with van der Waals surface area (Å²) < 4.78 is 1.57. The van der Waals surface area contributed by atoms with Crippen molar-refractivity contribution in [2.24, 2.45) is 0 Å². The Hall–Kier alpha value is -2.12. The molecule has 8 heteroatoms. The second-order valence-corrected chi connectivity index (χ2v) is 3.15. The lowest BCUT2D eigenvalue weighted by molar-refractivity contribution is -0.137. The lowest BCUT2D eigenvalue weighted by atomic mass is 10.5. The number of nitrogens with one attached hydrogen (secondary N) is 1. The number of carbonyl (C=O) groups is 2. The minimum atomic E-state index is -1.05. The number of nitrogens with zero attached hydrogens (tertiary/aromatic N) is 4. The minimum Gasteiger partial charge on any atom is -0.480 e. The highest BCUT2D eigenvalue weighted by atomic mass is 16.4. The van der Waals surface area contributed by atoms with Crippen molar-refractivity contribution in [2.75, 3.05) is 20.1 Å². The van der Waals surface area contributed by atoms with Crippen LogP contribution >= 0.6 is 0 Å². The number of carboxylic acids is 1. The molecule has 2 N–H and O–H groups in total. The highest BCUT2D eigenvalue weighted by molar-refractivity contribution is 5.79. The Balaban J connectivity index is 2.22. The third-order valence-electron chi connectivity index (χ3n) is 1.81. The Morgan fingerprint density at radius 1 is 1.56 bits per heavy atom. The standard InChI is InChI=1S/C8H13N5O3/c1-12(6-7(14)15)8(16)9-2-4-13-5-3-10-11-13/h3,5H,2,4,6H2,1H3,(H,9,16)(H,14,15). The number of hydrogen-bond acceptors (Lipinski definition) is 4. The number of amides is 2. The zero-order valence-electron chi connectivity index (χ0n) is 8.83. The van der Waals surface area contributed by atoms with Crippen LogP contribution in [0.4, 0.5) is 4.79 Å². The van der Waals surface area contributed by atoms with E-state index in [0.717, 1.165) is 4.90 Å². The van der Waals surface area contributed by atoms with Crippen LogP contribution in [-0.4, -0.2) is 57.1 Å². The molecule has 0 unspecified atom stereocenters. The number of likely N-dealkylation sites (N-methyl/N-ethyl adjacent to an activating group) is 1. The molecule has 0 fully saturated rings. The largest absolute Gasteiger partial charge is 0.480 e. The van der Waals surface area contributed by atoms with E-state index in [2.05, 4.69) is 15.6 Å². The first-order chi connectivity index (χ1) is 7.59. The molecule has 88 valence electrons. The Kier molecular flexibility index (Phi) is 4.25. The molecule has 1 aromatic rings. The highest BCUT2D eigenvalue weighted by Gasteiger charge is 2.10. The van der Waals surface area contributed by atoms with Crippen LogP contribution in [0.2, 0.25) is 0 Å². The van der Waals surface area contributed by atoms with E-state index in [9.17, 15) is 9.59 Å². The summed E-state index contributed by atoms with van der Waals surface area (Å²) in [5, 5.41) is 18.3. The Bertz CT molecular complexity index is 351. The first-order valence-corrected chi connectivity index (χ1v) is 4.64. The van der Waals surface area contributed by atoms with E-state index < -0.39 is 12.0 Å². The Morgan fingerprint density at radius 3 is 2.88 bits per heavy atom. The van der Waals surface area contributed by atoms with Crippen LogP contribution in [-0.2, 0) is 11.3 Å². The molecule has 0 saturated carbocycles. The first kappa shape index (κ1) is 12.0. The summed E-state index contributed by atoms with van der Waals surface area (Å²) >= 11 is 0. The zero-order chi connectivity index (χ0) is 12.0. The highest BCUT2D eigenvalue weighted by Crippen LogP contribution is 1.85. The van der Waals surface area contributed by atoms with Gasteiger partial charge in [-0.3, -0.25) is 9.48 Å². The third-order valence-corrected chi connectivity index (χ3v) is 1.81. The third kappa shape index (κ3) is 3.95. The fraction of sp³-hybridized carbons (Fsp3) is 0.500. The molecule has 0 aliphatic heterocycles. The van der Waals surface area contributed by atoms with Crippen molar-refractivity contribution < 1.29 is 14.7 Å². The smallest absolute Gasteiger partial charge is 0.323 e. The van der Waals surface area contributed by atoms with Gasteiger partial charge >= 0.3 is 12.0 Å². The molecule has 1 aromatic heterocycles. The van der Waals surface area contributed by atoms with Crippen LogP contribution in [0.1, 0.15) is 0 Å². The van der Waals surface area contributed by atoms with E-state index in [4.69, 9.17) is 5.11 Å². The van der Waals surface area contributed by atoms with Gasteiger partial charge in [-0.15, -0.1) is 5.10 Å². The van der Waals surface area contributed by atoms with Crippen molar-refractivity contribution in [1.29, 1.82) is 0 Å². The second kappa shape index (κ2) is 5.69. The number of carbonyl (C=O) groups excluding carboxylic acids is 1. The van der Waals surface area contributed by atoms with Gasteiger partial charge in [0.05, 0.1) is 12.7 Å². The van der Waals surface area contributed by atoms with Gasteiger partial charge in [0.2, 0.25) is 0 Å². The van der Waals surface area contributed by atoms with E-state index in [1.54, 1.807) is 17.1 Å². The number of carboxylic acid groups (broad SMARTS) is 1. The van der Waals surface area contributed by atoms with E-state index in [0.29, 0.717) is 13.1 Å². The molecule has 8 nitrogen and oxygen atoms in total. The molecule has 0 bridgehead atoms. The summed E-state index contributed by atoms with van der Waals surface area (Å²) in [6, 6.07) is -0.428. The number of rotatable bonds is 5. The van der Waals surface area contributed by atoms with Gasteiger partial charge < -0.3 is 15.3 Å². The SMILES string of the molecule is CN(CC(=O)O)C(=O)NCCn1ccnn1. The van der Waals surface area contributed by atoms with E-state index in [1.807, 2.05) is 0 Å². The Morgan fingerprint density at radius 2 is 2.31 bits per heavy atom.